The molecule has 25 heavy (non-hydrogen) atoms. The first-order valence-electron chi connectivity index (χ1n) is 8.58. The zero-order valence-electron chi connectivity index (χ0n) is 14.2. The van der Waals surface area contributed by atoms with E-state index in [0.29, 0.717) is 11.7 Å². The number of fused-ring (bicyclic) bond motifs is 3. The molecule has 1 aromatic carbocycles. The third-order valence-electron chi connectivity index (χ3n) is 4.82. The number of nitrogens with one attached hydrogen (secondary N) is 2. The fraction of sp³-hybridized carbons (Fsp3) is 0.368. The van der Waals surface area contributed by atoms with Gasteiger partial charge >= 0.3 is 0 Å². The molecular formula is C19H20BrN3OS. The summed E-state index contributed by atoms with van der Waals surface area (Å²) in [4.78, 5) is 22.7. The summed E-state index contributed by atoms with van der Waals surface area (Å²) in [6.07, 6.45) is 3.21. The molecule has 3 aromatic rings. The molecule has 0 unspecified atom stereocenters. The maximum atomic E-state index is 12.7. The highest BCUT2D eigenvalue weighted by atomic mass is 79.9. The predicted octanol–water partition coefficient (Wildman–Crippen LogP) is 5.05. The van der Waals surface area contributed by atoms with Crippen LogP contribution in [0.2, 0.25) is 0 Å². The van der Waals surface area contributed by atoms with Crippen molar-refractivity contribution in [2.24, 2.45) is 5.92 Å². The van der Waals surface area contributed by atoms with Gasteiger partial charge in [0.25, 0.3) is 5.56 Å². The third-order valence-corrected chi connectivity index (χ3v) is 6.50. The number of anilines is 1. The van der Waals surface area contributed by atoms with Crippen molar-refractivity contribution in [3.63, 3.8) is 0 Å². The van der Waals surface area contributed by atoms with E-state index in [0.717, 1.165) is 39.6 Å². The molecule has 1 aliphatic carbocycles. The van der Waals surface area contributed by atoms with Crippen LogP contribution in [0.15, 0.2) is 33.5 Å². The molecule has 0 fully saturated rings. The third kappa shape index (κ3) is 3.25. The number of aryl methyl sites for hydroxylation is 1. The van der Waals surface area contributed by atoms with Crippen LogP contribution in [0.4, 0.5) is 5.69 Å². The zero-order valence-corrected chi connectivity index (χ0v) is 16.6. The molecule has 2 N–H and O–H groups in total. The van der Waals surface area contributed by atoms with Crippen molar-refractivity contribution in [1.82, 2.24) is 9.97 Å². The lowest BCUT2D eigenvalue weighted by Gasteiger charge is -2.17. The second-order valence-corrected chi connectivity index (χ2v) is 8.86. The molecular weight excluding hydrogens is 398 g/mol. The topological polar surface area (TPSA) is 57.8 Å². The minimum atomic E-state index is -0.0728. The Labute approximate surface area is 158 Å². The highest BCUT2D eigenvalue weighted by molar-refractivity contribution is 9.10. The molecule has 0 bridgehead atoms. The SMILES string of the molecule is C[C@H]1CCc2c(sc3nc([C@@H](C)Nc4ccc(Br)cc4)[nH]c(=O)c23)C1. The van der Waals surface area contributed by atoms with Crippen molar-refractivity contribution >= 4 is 43.2 Å². The van der Waals surface area contributed by atoms with Gasteiger partial charge in [0.2, 0.25) is 0 Å². The minimum Gasteiger partial charge on any atom is -0.375 e. The van der Waals surface area contributed by atoms with E-state index in [1.54, 1.807) is 11.3 Å². The quantitative estimate of drug-likeness (QED) is 0.626. The number of benzene rings is 1. The second kappa shape index (κ2) is 6.57. The lowest BCUT2D eigenvalue weighted by molar-refractivity contribution is 0.509. The minimum absolute atomic E-state index is 0.00323. The molecule has 4 rings (SSSR count). The molecule has 0 aliphatic heterocycles. The number of thiophene rings is 1. The van der Waals surface area contributed by atoms with Crippen molar-refractivity contribution in [3.8, 4) is 0 Å². The van der Waals surface area contributed by atoms with Gasteiger partial charge < -0.3 is 10.3 Å². The predicted molar refractivity (Wildman–Crippen MR) is 108 cm³/mol. The van der Waals surface area contributed by atoms with Gasteiger partial charge in [0.15, 0.2) is 0 Å². The van der Waals surface area contributed by atoms with Crippen molar-refractivity contribution in [2.45, 2.75) is 39.2 Å². The second-order valence-electron chi connectivity index (χ2n) is 6.86. The van der Waals surface area contributed by atoms with E-state index in [1.165, 1.54) is 10.4 Å². The first kappa shape index (κ1) is 16.8. The molecule has 0 spiro atoms. The Bertz CT molecular complexity index is 977. The number of halogens is 1. The molecule has 130 valence electrons. The van der Waals surface area contributed by atoms with Crippen LogP contribution in [0.5, 0.6) is 0 Å². The molecule has 4 nitrogen and oxygen atoms in total. The fourth-order valence-corrected chi connectivity index (χ4v) is 5.09. The van der Waals surface area contributed by atoms with Crippen molar-refractivity contribution in [1.29, 1.82) is 0 Å². The summed E-state index contributed by atoms with van der Waals surface area (Å²) in [7, 11) is 0. The van der Waals surface area contributed by atoms with Crippen molar-refractivity contribution in [3.05, 3.63) is 55.4 Å². The van der Waals surface area contributed by atoms with Gasteiger partial charge in [-0.3, -0.25) is 4.79 Å². The summed E-state index contributed by atoms with van der Waals surface area (Å²) >= 11 is 5.13. The summed E-state index contributed by atoms with van der Waals surface area (Å²) in [5.41, 5.74) is 2.22. The highest BCUT2D eigenvalue weighted by Gasteiger charge is 2.23. The van der Waals surface area contributed by atoms with E-state index in [1.807, 2.05) is 31.2 Å². The lowest BCUT2D eigenvalue weighted by Crippen LogP contribution is -2.18. The molecule has 2 atom stereocenters. The summed E-state index contributed by atoms with van der Waals surface area (Å²) in [5, 5.41) is 4.21. The smallest absolute Gasteiger partial charge is 0.259 e. The van der Waals surface area contributed by atoms with Gasteiger partial charge in [-0.05, 0) is 61.9 Å². The van der Waals surface area contributed by atoms with Crippen LogP contribution in [0.25, 0.3) is 10.2 Å². The zero-order chi connectivity index (χ0) is 17.6. The van der Waals surface area contributed by atoms with Crippen molar-refractivity contribution in [2.75, 3.05) is 5.32 Å². The molecule has 1 aliphatic rings. The maximum Gasteiger partial charge on any atom is 0.259 e. The molecule has 0 saturated carbocycles. The van der Waals surface area contributed by atoms with Crippen LogP contribution < -0.4 is 10.9 Å². The molecule has 6 heteroatoms. The van der Waals surface area contributed by atoms with Gasteiger partial charge in [-0.2, -0.15) is 0 Å². The van der Waals surface area contributed by atoms with E-state index in [9.17, 15) is 4.79 Å². The van der Waals surface area contributed by atoms with Crippen LogP contribution in [-0.4, -0.2) is 9.97 Å². The van der Waals surface area contributed by atoms with Crippen LogP contribution in [-0.2, 0) is 12.8 Å². The number of nitrogens with zero attached hydrogens (tertiary/aromatic N) is 1. The lowest BCUT2D eigenvalue weighted by atomic mass is 9.89. The summed E-state index contributed by atoms with van der Waals surface area (Å²) in [5.74, 6) is 1.38. The van der Waals surface area contributed by atoms with Gasteiger partial charge in [0.1, 0.15) is 10.7 Å². The highest BCUT2D eigenvalue weighted by Crippen LogP contribution is 2.36. The van der Waals surface area contributed by atoms with Crippen LogP contribution in [0, 0.1) is 5.92 Å². The van der Waals surface area contributed by atoms with E-state index >= 15 is 0 Å². The van der Waals surface area contributed by atoms with E-state index in [4.69, 9.17) is 4.98 Å². The molecule has 2 heterocycles. The number of aromatic nitrogens is 2. The average molecular weight is 418 g/mol. The standard InChI is InChI=1S/C19H20BrN3OS/c1-10-3-8-14-15(9-10)25-19-16(14)18(24)22-17(23-19)11(2)21-13-6-4-12(20)5-7-13/h4-7,10-11,21H,3,8-9H2,1-2H3,(H,22,23,24)/t10-,11+/m0/s1. The van der Waals surface area contributed by atoms with Crippen LogP contribution in [0.3, 0.4) is 0 Å². The molecule has 2 aromatic heterocycles. The Morgan fingerprint density at radius 2 is 2.12 bits per heavy atom. The Morgan fingerprint density at radius 3 is 2.88 bits per heavy atom. The van der Waals surface area contributed by atoms with Gasteiger partial charge in [-0.15, -0.1) is 11.3 Å². The number of rotatable bonds is 3. The molecule has 0 saturated heterocycles. The van der Waals surface area contributed by atoms with Gasteiger partial charge in [-0.25, -0.2) is 4.98 Å². The van der Waals surface area contributed by atoms with Gasteiger partial charge in [-0.1, -0.05) is 22.9 Å². The summed E-state index contributed by atoms with van der Waals surface area (Å²) in [6, 6.07) is 7.91. The van der Waals surface area contributed by atoms with Gasteiger partial charge in [0, 0.05) is 15.0 Å². The number of H-pyrrole nitrogens is 1. The summed E-state index contributed by atoms with van der Waals surface area (Å²) in [6.45, 7) is 4.29. The van der Waals surface area contributed by atoms with E-state index in [2.05, 4.69) is 33.2 Å². The number of hydrogen-bond acceptors (Lipinski definition) is 4. The fourth-order valence-electron chi connectivity index (χ4n) is 3.44. The Hall–Kier alpha value is -1.66. The summed E-state index contributed by atoms with van der Waals surface area (Å²) < 4.78 is 1.04. The van der Waals surface area contributed by atoms with Gasteiger partial charge in [0.05, 0.1) is 11.4 Å². The number of aromatic amines is 1. The Kier molecular flexibility index (Phi) is 4.41. The largest absolute Gasteiger partial charge is 0.375 e. The first-order valence-corrected chi connectivity index (χ1v) is 10.2. The Morgan fingerprint density at radius 1 is 1.36 bits per heavy atom. The molecule has 0 radical (unpaired) electrons. The average Bonchev–Trinajstić information content (AvgIpc) is 2.94. The van der Waals surface area contributed by atoms with E-state index in [-0.39, 0.29) is 11.6 Å². The van der Waals surface area contributed by atoms with E-state index < -0.39 is 0 Å². The number of hydrogen-bond donors (Lipinski definition) is 2. The maximum absolute atomic E-state index is 12.7. The van der Waals surface area contributed by atoms with Crippen molar-refractivity contribution < 1.29 is 0 Å². The van der Waals surface area contributed by atoms with Crippen LogP contribution >= 0.6 is 27.3 Å². The monoisotopic (exact) mass is 417 g/mol. The Balaban J connectivity index is 1.68. The van der Waals surface area contributed by atoms with Crippen LogP contribution in [0.1, 0.15) is 42.6 Å². The molecule has 0 amide bonds. The normalized spacial score (nSPS) is 18.1. The first-order chi connectivity index (χ1) is 12.0.